The fourth-order valence-corrected chi connectivity index (χ4v) is 2.81. The van der Waals surface area contributed by atoms with Crippen molar-refractivity contribution in [1.82, 2.24) is 4.98 Å². The summed E-state index contributed by atoms with van der Waals surface area (Å²) in [6, 6.07) is 8.32. The van der Waals surface area contributed by atoms with Gasteiger partial charge in [0.1, 0.15) is 5.82 Å². The molecule has 1 atom stereocenters. The number of aryl methyl sites for hydroxylation is 1. The lowest BCUT2D eigenvalue weighted by atomic mass is 9.95. The second-order valence-electron chi connectivity index (χ2n) is 4.86. The molecule has 0 radical (unpaired) electrons. The van der Waals surface area contributed by atoms with Gasteiger partial charge in [-0.25, -0.2) is 4.39 Å². The van der Waals surface area contributed by atoms with E-state index in [4.69, 9.17) is 23.2 Å². The van der Waals surface area contributed by atoms with Crippen LogP contribution in [0.4, 0.5) is 4.39 Å². The molecule has 1 aromatic heterocycles. The van der Waals surface area contributed by atoms with Crippen LogP contribution in [0.1, 0.15) is 36.7 Å². The highest BCUT2D eigenvalue weighted by molar-refractivity contribution is 6.31. The second kappa shape index (κ2) is 6.55. The number of rotatable bonds is 4. The molecule has 0 bridgehead atoms. The Morgan fingerprint density at radius 2 is 1.90 bits per heavy atom. The minimum Gasteiger partial charge on any atom is -0.256 e. The molecule has 1 aromatic carbocycles. The van der Waals surface area contributed by atoms with Gasteiger partial charge in [-0.1, -0.05) is 43.1 Å². The van der Waals surface area contributed by atoms with Gasteiger partial charge in [-0.15, -0.1) is 0 Å². The van der Waals surface area contributed by atoms with Gasteiger partial charge in [0.15, 0.2) is 0 Å². The Hall–Kier alpha value is -1.12. The SMILES string of the molecule is CCc1nc(CC(C)c2ccc(F)cc2Cl)ccc1Cl. The van der Waals surface area contributed by atoms with Crippen molar-refractivity contribution < 1.29 is 4.39 Å². The van der Waals surface area contributed by atoms with E-state index >= 15 is 0 Å². The minimum atomic E-state index is -0.316. The summed E-state index contributed by atoms with van der Waals surface area (Å²) in [5.74, 6) is -0.148. The fraction of sp³-hybridized carbons (Fsp3) is 0.312. The maximum absolute atomic E-state index is 13.1. The van der Waals surface area contributed by atoms with E-state index in [9.17, 15) is 4.39 Å². The van der Waals surface area contributed by atoms with Gasteiger partial charge in [0.25, 0.3) is 0 Å². The molecule has 2 aromatic rings. The van der Waals surface area contributed by atoms with Gasteiger partial charge in [-0.3, -0.25) is 4.98 Å². The molecular weight excluding hydrogens is 296 g/mol. The summed E-state index contributed by atoms with van der Waals surface area (Å²) in [4.78, 5) is 4.55. The lowest BCUT2D eigenvalue weighted by Crippen LogP contribution is -2.03. The maximum atomic E-state index is 13.1. The summed E-state index contributed by atoms with van der Waals surface area (Å²) in [5, 5.41) is 1.16. The Bertz CT molecular complexity index is 613. The van der Waals surface area contributed by atoms with Crippen molar-refractivity contribution in [1.29, 1.82) is 0 Å². The average Bonchev–Trinajstić information content (AvgIpc) is 2.40. The van der Waals surface area contributed by atoms with E-state index in [1.807, 2.05) is 19.1 Å². The molecule has 0 aliphatic heterocycles. The number of nitrogens with zero attached hydrogens (tertiary/aromatic N) is 1. The number of benzene rings is 1. The molecule has 0 saturated carbocycles. The largest absolute Gasteiger partial charge is 0.256 e. The molecule has 0 aliphatic carbocycles. The van der Waals surface area contributed by atoms with Crippen LogP contribution in [-0.4, -0.2) is 4.98 Å². The Morgan fingerprint density at radius 1 is 1.15 bits per heavy atom. The first-order valence-corrected chi connectivity index (χ1v) is 7.36. The standard InChI is InChI=1S/C16H16Cl2FN/c1-3-16-14(17)7-5-12(20-16)8-10(2)13-6-4-11(19)9-15(13)18/h4-7,9-10H,3,8H2,1-2H3. The molecule has 0 spiro atoms. The summed E-state index contributed by atoms with van der Waals surface area (Å²) in [6.07, 6.45) is 1.55. The van der Waals surface area contributed by atoms with E-state index in [0.29, 0.717) is 10.0 Å². The highest BCUT2D eigenvalue weighted by Crippen LogP contribution is 2.28. The third-order valence-electron chi connectivity index (χ3n) is 3.32. The summed E-state index contributed by atoms with van der Waals surface area (Å²) in [7, 11) is 0. The van der Waals surface area contributed by atoms with E-state index in [-0.39, 0.29) is 11.7 Å². The maximum Gasteiger partial charge on any atom is 0.124 e. The van der Waals surface area contributed by atoms with Crippen molar-refractivity contribution in [3.8, 4) is 0 Å². The van der Waals surface area contributed by atoms with Gasteiger partial charge in [0.05, 0.1) is 10.7 Å². The van der Waals surface area contributed by atoms with Crippen LogP contribution in [0, 0.1) is 5.82 Å². The Kier molecular flexibility index (Phi) is 5.00. The van der Waals surface area contributed by atoms with Crippen molar-refractivity contribution >= 4 is 23.2 Å². The predicted molar refractivity (Wildman–Crippen MR) is 82.2 cm³/mol. The highest BCUT2D eigenvalue weighted by atomic mass is 35.5. The summed E-state index contributed by atoms with van der Waals surface area (Å²) in [6.45, 7) is 4.08. The molecule has 2 rings (SSSR count). The van der Waals surface area contributed by atoms with Gasteiger partial charge in [-0.05, 0) is 48.6 Å². The molecule has 0 fully saturated rings. The van der Waals surface area contributed by atoms with Crippen LogP contribution in [-0.2, 0) is 12.8 Å². The number of hydrogen-bond acceptors (Lipinski definition) is 1. The van der Waals surface area contributed by atoms with E-state index in [2.05, 4.69) is 11.9 Å². The van der Waals surface area contributed by atoms with Crippen molar-refractivity contribution in [2.24, 2.45) is 0 Å². The molecule has 1 nitrogen and oxygen atoms in total. The van der Waals surface area contributed by atoms with Crippen molar-refractivity contribution in [3.63, 3.8) is 0 Å². The van der Waals surface area contributed by atoms with Gasteiger partial charge in [-0.2, -0.15) is 0 Å². The molecule has 20 heavy (non-hydrogen) atoms. The molecular formula is C16H16Cl2FN. The molecule has 0 N–H and O–H groups in total. The van der Waals surface area contributed by atoms with Crippen molar-refractivity contribution in [2.75, 3.05) is 0 Å². The summed E-state index contributed by atoms with van der Waals surface area (Å²) in [5.41, 5.74) is 2.81. The molecule has 106 valence electrons. The quantitative estimate of drug-likeness (QED) is 0.733. The van der Waals surface area contributed by atoms with Crippen molar-refractivity contribution in [2.45, 2.75) is 32.6 Å². The Balaban J connectivity index is 2.21. The average molecular weight is 312 g/mol. The molecule has 1 unspecified atom stereocenters. The zero-order valence-electron chi connectivity index (χ0n) is 11.5. The van der Waals surface area contributed by atoms with Crippen LogP contribution in [0.5, 0.6) is 0 Å². The lowest BCUT2D eigenvalue weighted by Gasteiger charge is -2.14. The van der Waals surface area contributed by atoms with Gasteiger partial charge in [0.2, 0.25) is 0 Å². The number of pyridine rings is 1. The molecule has 0 aliphatic rings. The molecule has 0 saturated heterocycles. The monoisotopic (exact) mass is 311 g/mol. The topological polar surface area (TPSA) is 12.9 Å². The lowest BCUT2D eigenvalue weighted by molar-refractivity contribution is 0.625. The van der Waals surface area contributed by atoms with Crippen LogP contribution < -0.4 is 0 Å². The van der Waals surface area contributed by atoms with E-state index < -0.39 is 0 Å². The van der Waals surface area contributed by atoms with E-state index in [1.165, 1.54) is 12.1 Å². The molecule has 4 heteroatoms. The number of halogens is 3. The zero-order chi connectivity index (χ0) is 14.7. The summed E-state index contributed by atoms with van der Waals surface area (Å²) >= 11 is 12.2. The normalized spacial score (nSPS) is 12.4. The Morgan fingerprint density at radius 3 is 2.55 bits per heavy atom. The number of aromatic nitrogens is 1. The van der Waals surface area contributed by atoms with Crippen LogP contribution in [0.25, 0.3) is 0 Å². The number of hydrogen-bond donors (Lipinski definition) is 0. The van der Waals surface area contributed by atoms with Gasteiger partial charge >= 0.3 is 0 Å². The van der Waals surface area contributed by atoms with Crippen LogP contribution in [0.3, 0.4) is 0 Å². The molecule has 0 amide bonds. The van der Waals surface area contributed by atoms with E-state index in [0.717, 1.165) is 29.8 Å². The van der Waals surface area contributed by atoms with E-state index in [1.54, 1.807) is 6.07 Å². The Labute approximate surface area is 128 Å². The van der Waals surface area contributed by atoms with Gasteiger partial charge < -0.3 is 0 Å². The first kappa shape index (κ1) is 15.3. The minimum absolute atomic E-state index is 0.168. The third kappa shape index (κ3) is 3.50. The second-order valence-corrected chi connectivity index (χ2v) is 5.67. The third-order valence-corrected chi connectivity index (χ3v) is 3.99. The first-order valence-electron chi connectivity index (χ1n) is 6.60. The predicted octanol–water partition coefficient (Wildman–Crippen LogP) is 5.44. The van der Waals surface area contributed by atoms with Crippen LogP contribution in [0.15, 0.2) is 30.3 Å². The van der Waals surface area contributed by atoms with Crippen molar-refractivity contribution in [3.05, 3.63) is 63.1 Å². The first-order chi connectivity index (χ1) is 9.51. The summed E-state index contributed by atoms with van der Waals surface area (Å²) < 4.78 is 13.1. The van der Waals surface area contributed by atoms with Crippen LogP contribution >= 0.6 is 23.2 Å². The smallest absolute Gasteiger partial charge is 0.124 e. The zero-order valence-corrected chi connectivity index (χ0v) is 13.0. The highest BCUT2D eigenvalue weighted by Gasteiger charge is 2.13. The van der Waals surface area contributed by atoms with Gasteiger partial charge in [0, 0.05) is 10.7 Å². The van der Waals surface area contributed by atoms with Crippen LogP contribution in [0.2, 0.25) is 10.0 Å². The molecule has 1 heterocycles. The fourth-order valence-electron chi connectivity index (χ4n) is 2.22.